The molecule has 3 fully saturated rings. The summed E-state index contributed by atoms with van der Waals surface area (Å²) in [6.45, 7) is 0.674. The second kappa shape index (κ2) is 4.34. The summed E-state index contributed by atoms with van der Waals surface area (Å²) in [5, 5.41) is 2.81. The van der Waals surface area contributed by atoms with Gasteiger partial charge in [-0.1, -0.05) is 0 Å². The van der Waals surface area contributed by atoms with Gasteiger partial charge in [0.05, 0.1) is 13.7 Å². The third-order valence-corrected chi connectivity index (χ3v) is 4.59. The summed E-state index contributed by atoms with van der Waals surface area (Å²) < 4.78 is 0. The third kappa shape index (κ3) is 1.84. The van der Waals surface area contributed by atoms with Crippen LogP contribution in [0.5, 0.6) is 0 Å². The average molecular weight is 227 g/mol. The lowest BCUT2D eigenvalue weighted by Gasteiger charge is -2.51. The fourth-order valence-electron chi connectivity index (χ4n) is 3.27. The molecule has 4 nitrogen and oxygen atoms in total. The van der Waals surface area contributed by atoms with Crippen molar-refractivity contribution in [3.63, 3.8) is 0 Å². The molecule has 0 atom stereocenters. The molecule has 0 saturated heterocycles. The van der Waals surface area contributed by atoms with Crippen LogP contribution in [-0.2, 0) is 14.6 Å². The van der Waals surface area contributed by atoms with Crippen molar-refractivity contribution in [2.75, 3.05) is 20.8 Å². The standard InChI is InChI=1S/C12H21NO3/c1-13-10(14)12-6-3-11(4-7-12,5-8-12)9-16-15-2/h3-9H2,1-2H3,(H,13,14). The highest BCUT2D eigenvalue weighted by atomic mass is 17.2. The van der Waals surface area contributed by atoms with Crippen LogP contribution in [0.4, 0.5) is 0 Å². The van der Waals surface area contributed by atoms with Crippen molar-refractivity contribution in [2.24, 2.45) is 10.8 Å². The summed E-state index contributed by atoms with van der Waals surface area (Å²) in [4.78, 5) is 21.7. The van der Waals surface area contributed by atoms with E-state index in [4.69, 9.17) is 9.78 Å². The summed E-state index contributed by atoms with van der Waals surface area (Å²) in [5.41, 5.74) is 0.190. The Morgan fingerprint density at radius 2 is 1.75 bits per heavy atom. The number of hydrogen-bond acceptors (Lipinski definition) is 3. The lowest BCUT2D eigenvalue weighted by molar-refractivity contribution is -0.297. The maximum Gasteiger partial charge on any atom is 0.225 e. The molecule has 0 unspecified atom stereocenters. The first-order valence-corrected chi connectivity index (χ1v) is 6.04. The van der Waals surface area contributed by atoms with Crippen LogP contribution < -0.4 is 5.32 Å². The van der Waals surface area contributed by atoms with E-state index < -0.39 is 0 Å². The quantitative estimate of drug-likeness (QED) is 0.587. The third-order valence-electron chi connectivity index (χ3n) is 4.59. The van der Waals surface area contributed by atoms with E-state index in [1.807, 2.05) is 0 Å². The summed E-state index contributed by atoms with van der Waals surface area (Å²) >= 11 is 0. The van der Waals surface area contributed by atoms with Gasteiger partial charge in [0, 0.05) is 12.5 Å². The molecule has 0 aliphatic heterocycles. The minimum atomic E-state index is -0.0798. The monoisotopic (exact) mass is 227 g/mol. The molecule has 1 amide bonds. The molecule has 0 aromatic heterocycles. The van der Waals surface area contributed by atoms with Crippen LogP contribution in [0.2, 0.25) is 0 Å². The Kier molecular flexibility index (Phi) is 3.22. The lowest BCUT2D eigenvalue weighted by atomic mass is 9.53. The SMILES string of the molecule is CNC(=O)C12CCC(COOC)(CC1)CC2. The van der Waals surface area contributed by atoms with Gasteiger partial charge in [-0.3, -0.25) is 4.79 Å². The summed E-state index contributed by atoms with van der Waals surface area (Å²) in [7, 11) is 3.29. The zero-order valence-electron chi connectivity index (χ0n) is 10.2. The van der Waals surface area contributed by atoms with E-state index in [2.05, 4.69) is 5.32 Å². The van der Waals surface area contributed by atoms with Gasteiger partial charge in [-0.05, 0) is 43.9 Å². The van der Waals surface area contributed by atoms with Gasteiger partial charge in [-0.15, -0.1) is 0 Å². The van der Waals surface area contributed by atoms with E-state index in [-0.39, 0.29) is 16.7 Å². The summed E-state index contributed by atoms with van der Waals surface area (Å²) in [6, 6.07) is 0. The van der Waals surface area contributed by atoms with Crippen molar-refractivity contribution in [3.8, 4) is 0 Å². The van der Waals surface area contributed by atoms with E-state index in [9.17, 15) is 4.79 Å². The number of carbonyl (C=O) groups is 1. The topological polar surface area (TPSA) is 47.6 Å². The number of hydrogen-bond donors (Lipinski definition) is 1. The van der Waals surface area contributed by atoms with Crippen LogP contribution in [-0.4, -0.2) is 26.7 Å². The first kappa shape index (κ1) is 11.9. The highest BCUT2D eigenvalue weighted by Crippen LogP contribution is 2.56. The molecular weight excluding hydrogens is 206 g/mol. The zero-order chi connectivity index (χ0) is 11.6. The van der Waals surface area contributed by atoms with Crippen molar-refractivity contribution < 1.29 is 14.6 Å². The highest BCUT2D eigenvalue weighted by molar-refractivity contribution is 5.82. The summed E-state index contributed by atoms with van der Waals surface area (Å²) in [5.74, 6) is 0.230. The molecule has 3 aliphatic carbocycles. The fraction of sp³-hybridized carbons (Fsp3) is 0.917. The Bertz CT molecular complexity index is 253. The zero-order valence-corrected chi connectivity index (χ0v) is 10.2. The van der Waals surface area contributed by atoms with Crippen LogP contribution in [0.25, 0.3) is 0 Å². The van der Waals surface area contributed by atoms with Crippen molar-refractivity contribution in [2.45, 2.75) is 38.5 Å². The summed E-state index contributed by atoms with van der Waals surface area (Å²) in [6.07, 6.45) is 6.26. The smallest absolute Gasteiger partial charge is 0.225 e. The Hall–Kier alpha value is -0.610. The first-order valence-electron chi connectivity index (χ1n) is 6.04. The second-order valence-corrected chi connectivity index (χ2v) is 5.29. The van der Waals surface area contributed by atoms with Crippen molar-refractivity contribution >= 4 is 5.91 Å². The van der Waals surface area contributed by atoms with Gasteiger partial charge >= 0.3 is 0 Å². The van der Waals surface area contributed by atoms with Crippen molar-refractivity contribution in [1.29, 1.82) is 0 Å². The molecule has 0 spiro atoms. The Labute approximate surface area is 96.6 Å². The van der Waals surface area contributed by atoms with Gasteiger partial charge in [0.25, 0.3) is 0 Å². The number of carbonyl (C=O) groups excluding carboxylic acids is 1. The van der Waals surface area contributed by atoms with Crippen molar-refractivity contribution in [1.82, 2.24) is 5.32 Å². The van der Waals surface area contributed by atoms with Gasteiger partial charge in [0.1, 0.15) is 0 Å². The van der Waals surface area contributed by atoms with Gasteiger partial charge in [0.15, 0.2) is 0 Å². The average Bonchev–Trinajstić information content (AvgIpc) is 2.37. The minimum absolute atomic E-state index is 0.0798. The molecular formula is C12H21NO3. The molecule has 16 heavy (non-hydrogen) atoms. The Balaban J connectivity index is 2.00. The number of rotatable bonds is 4. The highest BCUT2D eigenvalue weighted by Gasteiger charge is 2.52. The van der Waals surface area contributed by atoms with E-state index in [0.29, 0.717) is 6.61 Å². The lowest BCUT2D eigenvalue weighted by Crippen LogP contribution is -2.50. The molecule has 2 bridgehead atoms. The normalized spacial score (nSPS) is 37.4. The maximum atomic E-state index is 11.9. The van der Waals surface area contributed by atoms with Gasteiger partial charge in [-0.2, -0.15) is 0 Å². The number of fused-ring (bicyclic) bond motifs is 3. The van der Waals surface area contributed by atoms with Crippen LogP contribution in [0.3, 0.4) is 0 Å². The van der Waals surface area contributed by atoms with Crippen molar-refractivity contribution in [3.05, 3.63) is 0 Å². The molecule has 3 rings (SSSR count). The molecule has 0 aromatic rings. The van der Waals surface area contributed by atoms with E-state index in [1.165, 1.54) is 0 Å². The Morgan fingerprint density at radius 1 is 1.19 bits per heavy atom. The van der Waals surface area contributed by atoms with E-state index in [1.54, 1.807) is 14.2 Å². The predicted molar refractivity (Wildman–Crippen MR) is 59.6 cm³/mol. The van der Waals surface area contributed by atoms with E-state index in [0.717, 1.165) is 38.5 Å². The van der Waals surface area contributed by atoms with Crippen LogP contribution >= 0.6 is 0 Å². The van der Waals surface area contributed by atoms with E-state index >= 15 is 0 Å². The minimum Gasteiger partial charge on any atom is -0.359 e. The molecule has 0 heterocycles. The maximum absolute atomic E-state index is 11.9. The van der Waals surface area contributed by atoms with Gasteiger partial charge in [0.2, 0.25) is 5.91 Å². The molecule has 3 aliphatic rings. The number of nitrogens with one attached hydrogen (secondary N) is 1. The molecule has 0 aromatic carbocycles. The molecule has 1 N–H and O–H groups in total. The van der Waals surface area contributed by atoms with Gasteiger partial charge in [-0.25, -0.2) is 9.78 Å². The molecule has 3 saturated carbocycles. The first-order chi connectivity index (χ1) is 7.66. The largest absolute Gasteiger partial charge is 0.359 e. The van der Waals surface area contributed by atoms with Crippen LogP contribution in [0.15, 0.2) is 0 Å². The van der Waals surface area contributed by atoms with Crippen LogP contribution in [0, 0.1) is 10.8 Å². The fourth-order valence-corrected chi connectivity index (χ4v) is 3.27. The van der Waals surface area contributed by atoms with Crippen LogP contribution in [0.1, 0.15) is 38.5 Å². The molecule has 4 heteroatoms. The van der Waals surface area contributed by atoms with Gasteiger partial charge < -0.3 is 5.32 Å². The molecule has 92 valence electrons. The number of amides is 1. The second-order valence-electron chi connectivity index (χ2n) is 5.29. The Morgan fingerprint density at radius 3 is 2.19 bits per heavy atom. The molecule has 0 radical (unpaired) electrons. The predicted octanol–water partition coefficient (Wildman–Crippen LogP) is 1.65.